The van der Waals surface area contributed by atoms with Gasteiger partial charge in [0.05, 0.1) is 7.05 Å². The van der Waals surface area contributed by atoms with Crippen LogP contribution in [0.1, 0.15) is 0 Å². The molecule has 1 heterocycles. The number of likely N-dealkylation sites (tertiary alicyclic amines) is 1. The van der Waals surface area contributed by atoms with Crippen LogP contribution in [0.15, 0.2) is 0 Å². The van der Waals surface area contributed by atoms with Crippen LogP contribution in [0.5, 0.6) is 0 Å². The summed E-state index contributed by atoms with van der Waals surface area (Å²) in [6.45, 7) is 1.19. The summed E-state index contributed by atoms with van der Waals surface area (Å²) in [6.07, 6.45) is -0.206. The lowest BCUT2D eigenvalue weighted by molar-refractivity contribution is -0.930. The summed E-state index contributed by atoms with van der Waals surface area (Å²) in [5.74, 6) is 0. The number of aliphatic hydroxyl groups is 1. The van der Waals surface area contributed by atoms with Crippen molar-refractivity contribution in [2.45, 2.75) is 6.10 Å². The van der Waals surface area contributed by atoms with Gasteiger partial charge in [-0.15, -0.1) is 0 Å². The molecule has 0 aromatic rings. The lowest BCUT2D eigenvalue weighted by Crippen LogP contribution is -3.18. The van der Waals surface area contributed by atoms with Crippen molar-refractivity contribution in [2.75, 3.05) is 20.1 Å². The van der Waals surface area contributed by atoms with E-state index < -0.39 is 0 Å². The molecule has 2 nitrogen and oxygen atoms in total. The number of quaternary nitrogens is 1. The molecule has 1 aliphatic heterocycles. The van der Waals surface area contributed by atoms with Gasteiger partial charge in [0.25, 0.3) is 0 Å². The molecule has 2 N–H and O–H groups in total. The molecule has 0 atom stereocenters. The van der Waals surface area contributed by atoms with Crippen molar-refractivity contribution in [3.8, 4) is 0 Å². The fraction of sp³-hybridized carbons (Fsp3) is 1.00. The summed E-state index contributed by atoms with van der Waals surface area (Å²) in [7, 11) is 1.78. The summed E-state index contributed by atoms with van der Waals surface area (Å²) in [5, 5.41) is 8.65. The molecular formula is C4H10NO+. The predicted octanol–water partition coefficient (Wildman–Crippen LogP) is -2.12. The molecule has 0 aromatic heterocycles. The van der Waals surface area contributed by atoms with Crippen LogP contribution in [-0.2, 0) is 0 Å². The average molecular weight is 90.1 g/mol. The Morgan fingerprint density at radius 1 is 2.00 bits per heavy atom. The fourth-order valence-corrected chi connectivity index (χ4v) is 0.666. The highest BCUT2D eigenvalue weighted by atomic mass is 16.3. The number of hydrogen-bond acceptors (Lipinski definition) is 1. The van der Waals surface area contributed by atoms with Gasteiger partial charge in [-0.2, -0.15) is 0 Å². The number of nitrogens with one attached hydrogen (secondary N) is 1. The largest absolute Gasteiger partial charge is 0.382 e. The Labute approximate surface area is 38.8 Å². The zero-order chi connectivity index (χ0) is 5.49. The molecule has 0 aromatic carbocycles. The molecule has 36 valence electrons. The van der Waals surface area contributed by atoms with Crippen molar-refractivity contribution in [1.82, 2.24) is 0 Å². The van der Waals surface area contributed by atoms with Crippen LogP contribution in [0, 0.1) is 0 Å². The summed E-state index contributed by atoms with van der Waals surface area (Å²) in [4.78, 5) is 0.237. The van der Waals surface area contributed by atoms with E-state index in [1.165, 1.54) is 0 Å². The van der Waals surface area contributed by atoms with Crippen LogP contribution in [0.4, 0.5) is 0 Å². The van der Waals surface area contributed by atoms with Crippen molar-refractivity contribution >= 4 is 0 Å². The van der Waals surface area contributed by atoms with E-state index in [0.717, 1.165) is 0 Å². The fourth-order valence-electron chi connectivity index (χ4n) is 0.666. The maximum atomic E-state index is 8.65. The van der Waals surface area contributed by atoms with Crippen LogP contribution in [0.2, 0.25) is 1.41 Å². The SMILES string of the molecule is [3H][N+]1(C)CC(O)C1. The molecule has 0 saturated carbocycles. The highest BCUT2D eigenvalue weighted by molar-refractivity contribution is 4.55. The van der Waals surface area contributed by atoms with Gasteiger partial charge in [-0.05, 0) is 0 Å². The van der Waals surface area contributed by atoms with E-state index in [9.17, 15) is 0 Å². The molecule has 1 rings (SSSR count). The smallest absolute Gasteiger partial charge is 0.348 e. The van der Waals surface area contributed by atoms with Crippen molar-refractivity contribution < 1.29 is 11.4 Å². The molecule has 0 bridgehead atoms. The van der Waals surface area contributed by atoms with Crippen LogP contribution in [-0.4, -0.2) is 31.3 Å². The van der Waals surface area contributed by atoms with Crippen LogP contribution in [0.3, 0.4) is 0 Å². The highest BCUT2D eigenvalue weighted by Gasteiger charge is 2.24. The van der Waals surface area contributed by atoms with Gasteiger partial charge in [0.2, 0.25) is 0 Å². The Kier molecular flexibility index (Phi) is 0.601. The first-order chi connectivity index (χ1) is 3.10. The molecule has 0 radical (unpaired) electrons. The molecular weight excluding hydrogens is 78.0 g/mol. The van der Waals surface area contributed by atoms with Gasteiger partial charge >= 0.3 is 1.41 Å². The van der Waals surface area contributed by atoms with Crippen molar-refractivity contribution in [2.24, 2.45) is 0 Å². The predicted molar refractivity (Wildman–Crippen MR) is 22.6 cm³/mol. The van der Waals surface area contributed by atoms with Crippen molar-refractivity contribution in [3.63, 3.8) is 0 Å². The summed E-state index contributed by atoms with van der Waals surface area (Å²) in [5.41, 5.74) is 0. The first kappa shape index (κ1) is 2.99. The molecule has 1 aliphatic rings. The number of hydrogen-bond donors (Lipinski definition) is 2. The van der Waals surface area contributed by atoms with Crippen LogP contribution >= 0.6 is 0 Å². The number of likely N-dealkylation sites (N-methyl/N-ethyl adjacent to an activating group) is 1. The minimum atomic E-state index is -0.206. The quantitative estimate of drug-likeness (QED) is 0.349. The third-order valence-electron chi connectivity index (χ3n) is 1.04. The Morgan fingerprint density at radius 2 is 2.50 bits per heavy atom. The summed E-state index contributed by atoms with van der Waals surface area (Å²) < 4.78 is 7.18. The van der Waals surface area contributed by atoms with E-state index in [4.69, 9.17) is 6.52 Å². The van der Waals surface area contributed by atoms with E-state index in [1.807, 2.05) is 0 Å². The van der Waals surface area contributed by atoms with Gasteiger partial charge in [0.1, 0.15) is 13.1 Å². The summed E-state index contributed by atoms with van der Waals surface area (Å²) >= 11 is 0. The van der Waals surface area contributed by atoms with Crippen molar-refractivity contribution in [3.05, 3.63) is 0 Å². The normalized spacial score (nSPS) is 59.7. The van der Waals surface area contributed by atoms with Gasteiger partial charge in [0, 0.05) is 0 Å². The Hall–Kier alpha value is -0.0800. The topological polar surface area (TPSA) is 24.7 Å². The van der Waals surface area contributed by atoms with Gasteiger partial charge in [-0.25, -0.2) is 0 Å². The van der Waals surface area contributed by atoms with E-state index in [1.54, 1.807) is 7.05 Å². The number of aliphatic hydroxyl groups excluding tert-OH is 1. The minimum Gasteiger partial charge on any atom is -0.382 e. The molecule has 0 spiro atoms. The zero-order valence-electron chi connectivity index (χ0n) is 4.89. The standard InChI is InChI=1S/C4H9NO/c1-5-2-4(6)3-5/h4,6H,2-3H2,1H3/p+1/i/hT. The lowest BCUT2D eigenvalue weighted by Gasteiger charge is -2.27. The van der Waals surface area contributed by atoms with Gasteiger partial charge < -0.3 is 10.00 Å². The van der Waals surface area contributed by atoms with Crippen molar-refractivity contribution in [1.29, 1.82) is 0 Å². The Bertz CT molecular complexity index is 75.8. The van der Waals surface area contributed by atoms with E-state index in [2.05, 4.69) is 0 Å². The average Bonchev–Trinajstić information content (AvgIpc) is 1.27. The van der Waals surface area contributed by atoms with Gasteiger partial charge in [-0.3, -0.25) is 0 Å². The Morgan fingerprint density at radius 3 is 2.50 bits per heavy atom. The molecule has 0 amide bonds. The van der Waals surface area contributed by atoms with Gasteiger partial charge in [0.15, 0.2) is 6.10 Å². The van der Waals surface area contributed by atoms with Crippen LogP contribution < -0.4 is 4.89 Å². The van der Waals surface area contributed by atoms with E-state index >= 15 is 0 Å². The molecule has 0 unspecified atom stereocenters. The number of rotatable bonds is 0. The second-order valence-corrected chi connectivity index (χ2v) is 1.88. The van der Waals surface area contributed by atoms with E-state index in [-0.39, 0.29) is 11.0 Å². The van der Waals surface area contributed by atoms with Crippen LogP contribution in [0.25, 0.3) is 0 Å². The molecule has 1 fully saturated rings. The second-order valence-electron chi connectivity index (χ2n) is 1.88. The lowest BCUT2D eigenvalue weighted by atomic mass is 10.2. The zero-order valence-corrected chi connectivity index (χ0v) is 3.89. The molecule has 6 heavy (non-hydrogen) atoms. The third kappa shape index (κ3) is 0.533. The van der Waals surface area contributed by atoms with Gasteiger partial charge in [-0.1, -0.05) is 0 Å². The first-order valence-corrected chi connectivity index (χ1v) is 2.15. The molecule has 1 saturated heterocycles. The first-order valence-electron chi connectivity index (χ1n) is 2.60. The maximum absolute atomic E-state index is 8.65. The highest BCUT2D eigenvalue weighted by Crippen LogP contribution is 1.77. The molecule has 0 aliphatic carbocycles. The summed E-state index contributed by atoms with van der Waals surface area (Å²) in [6, 6.07) is 0. The Balaban J connectivity index is 2.29. The minimum absolute atomic E-state index is 0.206. The second kappa shape index (κ2) is 1.21. The maximum Gasteiger partial charge on any atom is 0.348 e. The van der Waals surface area contributed by atoms with E-state index in [0.29, 0.717) is 13.1 Å². The molecule has 2 heteroatoms. The monoisotopic (exact) mass is 90.1 g/mol. The third-order valence-corrected chi connectivity index (χ3v) is 1.04.